The van der Waals surface area contributed by atoms with Crippen molar-refractivity contribution in [3.63, 3.8) is 0 Å². The van der Waals surface area contributed by atoms with Gasteiger partial charge in [0.1, 0.15) is 0 Å². The van der Waals surface area contributed by atoms with Gasteiger partial charge in [0.25, 0.3) is 0 Å². The Balaban J connectivity index is 3.05. The summed E-state index contributed by atoms with van der Waals surface area (Å²) < 4.78 is 15.8. The van der Waals surface area contributed by atoms with Crippen LogP contribution in [0.4, 0.5) is 0 Å². The second kappa shape index (κ2) is 15.9. The summed E-state index contributed by atoms with van der Waals surface area (Å²) in [6, 6.07) is 0.604. The van der Waals surface area contributed by atoms with E-state index in [4.69, 9.17) is 14.2 Å². The molecule has 0 bridgehead atoms. The molecule has 0 saturated carbocycles. The Morgan fingerprint density at radius 1 is 0.895 bits per heavy atom. The van der Waals surface area contributed by atoms with E-state index in [2.05, 4.69) is 19.2 Å². The van der Waals surface area contributed by atoms with Gasteiger partial charge in [-0.1, -0.05) is 26.2 Å². The van der Waals surface area contributed by atoms with Gasteiger partial charge in [-0.15, -0.1) is 0 Å². The van der Waals surface area contributed by atoms with E-state index in [9.17, 15) is 0 Å². The molecule has 0 radical (unpaired) electrons. The number of rotatable bonds is 15. The smallest absolute Gasteiger partial charge is 0.0700 e. The van der Waals surface area contributed by atoms with E-state index in [0.29, 0.717) is 19.3 Å². The Morgan fingerprint density at radius 2 is 1.63 bits per heavy atom. The molecule has 0 amide bonds. The highest BCUT2D eigenvalue weighted by molar-refractivity contribution is 4.59. The van der Waals surface area contributed by atoms with Crippen LogP contribution in [0, 0.1) is 0 Å². The summed E-state index contributed by atoms with van der Waals surface area (Å²) in [5.74, 6) is 0. The van der Waals surface area contributed by atoms with Crippen molar-refractivity contribution in [3.05, 3.63) is 0 Å². The molecule has 0 saturated heterocycles. The molecule has 1 atom stereocenters. The molecular formula is C15H33NO3. The van der Waals surface area contributed by atoms with Gasteiger partial charge < -0.3 is 19.5 Å². The van der Waals surface area contributed by atoms with Crippen molar-refractivity contribution < 1.29 is 14.2 Å². The summed E-state index contributed by atoms with van der Waals surface area (Å²) in [6.07, 6.45) is 6.18. The number of unbranched alkanes of at least 4 members (excludes halogenated alkanes) is 2. The summed E-state index contributed by atoms with van der Waals surface area (Å²) >= 11 is 0. The van der Waals surface area contributed by atoms with Crippen LogP contribution in [0.1, 0.15) is 46.0 Å². The Kier molecular flexibility index (Phi) is 15.8. The molecule has 0 heterocycles. The standard InChI is InChI=1S/C15H33NO3/c1-4-5-6-8-15(2)16-9-12-18-10-7-11-19-14-13-17-3/h15-16H,4-14H2,1-3H3. The molecule has 0 aromatic rings. The summed E-state index contributed by atoms with van der Waals surface area (Å²) in [7, 11) is 1.68. The lowest BCUT2D eigenvalue weighted by Crippen LogP contribution is -2.29. The minimum Gasteiger partial charge on any atom is -0.382 e. The minimum absolute atomic E-state index is 0.604. The zero-order chi connectivity index (χ0) is 14.2. The second-order valence-electron chi connectivity index (χ2n) is 4.92. The third-order valence-corrected chi connectivity index (χ3v) is 2.99. The number of hydrogen-bond acceptors (Lipinski definition) is 4. The van der Waals surface area contributed by atoms with Crippen LogP contribution in [0.2, 0.25) is 0 Å². The van der Waals surface area contributed by atoms with Crippen molar-refractivity contribution >= 4 is 0 Å². The number of hydrogen-bond donors (Lipinski definition) is 1. The highest BCUT2D eigenvalue weighted by Gasteiger charge is 1.99. The molecule has 0 spiro atoms. The predicted molar refractivity (Wildman–Crippen MR) is 79.7 cm³/mol. The van der Waals surface area contributed by atoms with Gasteiger partial charge in [0, 0.05) is 32.9 Å². The van der Waals surface area contributed by atoms with E-state index in [-0.39, 0.29) is 0 Å². The zero-order valence-corrected chi connectivity index (χ0v) is 13.1. The first-order chi connectivity index (χ1) is 9.31. The molecule has 116 valence electrons. The lowest BCUT2D eigenvalue weighted by Gasteiger charge is -2.13. The normalized spacial score (nSPS) is 12.8. The van der Waals surface area contributed by atoms with Crippen molar-refractivity contribution in [2.24, 2.45) is 0 Å². The molecule has 0 rings (SSSR count). The van der Waals surface area contributed by atoms with Crippen LogP contribution in [-0.4, -0.2) is 52.7 Å². The number of ether oxygens (including phenoxy) is 3. The fourth-order valence-corrected chi connectivity index (χ4v) is 1.79. The third-order valence-electron chi connectivity index (χ3n) is 2.99. The Labute approximate surface area is 119 Å². The van der Waals surface area contributed by atoms with E-state index in [0.717, 1.165) is 32.8 Å². The summed E-state index contributed by atoms with van der Waals surface area (Å²) in [5, 5.41) is 3.49. The van der Waals surface area contributed by atoms with Crippen LogP contribution in [-0.2, 0) is 14.2 Å². The molecule has 4 heteroatoms. The van der Waals surface area contributed by atoms with E-state index in [1.54, 1.807) is 7.11 Å². The molecule has 0 aliphatic heterocycles. The predicted octanol–water partition coefficient (Wildman–Crippen LogP) is 2.61. The molecule has 19 heavy (non-hydrogen) atoms. The minimum atomic E-state index is 0.604. The van der Waals surface area contributed by atoms with E-state index >= 15 is 0 Å². The topological polar surface area (TPSA) is 39.7 Å². The highest BCUT2D eigenvalue weighted by atomic mass is 16.5. The summed E-state index contributed by atoms with van der Waals surface area (Å²) in [4.78, 5) is 0. The third kappa shape index (κ3) is 15.8. The van der Waals surface area contributed by atoms with Gasteiger partial charge in [0.2, 0.25) is 0 Å². The molecule has 0 aliphatic rings. The van der Waals surface area contributed by atoms with Crippen LogP contribution in [0.3, 0.4) is 0 Å². The van der Waals surface area contributed by atoms with Gasteiger partial charge in [-0.05, 0) is 19.8 Å². The Morgan fingerprint density at radius 3 is 2.32 bits per heavy atom. The number of methoxy groups -OCH3 is 1. The maximum absolute atomic E-state index is 5.54. The average molecular weight is 275 g/mol. The molecular weight excluding hydrogens is 242 g/mol. The molecule has 1 unspecified atom stereocenters. The van der Waals surface area contributed by atoms with Gasteiger partial charge >= 0.3 is 0 Å². The van der Waals surface area contributed by atoms with Crippen molar-refractivity contribution in [3.8, 4) is 0 Å². The van der Waals surface area contributed by atoms with Crippen LogP contribution in [0.5, 0.6) is 0 Å². The molecule has 0 aromatic heterocycles. The van der Waals surface area contributed by atoms with E-state index < -0.39 is 0 Å². The summed E-state index contributed by atoms with van der Waals surface area (Å²) in [6.45, 7) is 9.09. The fourth-order valence-electron chi connectivity index (χ4n) is 1.79. The second-order valence-corrected chi connectivity index (χ2v) is 4.92. The van der Waals surface area contributed by atoms with Gasteiger partial charge in [0.15, 0.2) is 0 Å². The molecule has 4 nitrogen and oxygen atoms in total. The van der Waals surface area contributed by atoms with Gasteiger partial charge in [0.05, 0.1) is 19.8 Å². The largest absolute Gasteiger partial charge is 0.382 e. The molecule has 1 N–H and O–H groups in total. The first-order valence-electron chi connectivity index (χ1n) is 7.69. The lowest BCUT2D eigenvalue weighted by atomic mass is 10.1. The average Bonchev–Trinajstić information content (AvgIpc) is 2.41. The highest BCUT2D eigenvalue weighted by Crippen LogP contribution is 2.02. The Hall–Kier alpha value is -0.160. The van der Waals surface area contributed by atoms with Crippen LogP contribution >= 0.6 is 0 Å². The van der Waals surface area contributed by atoms with Crippen molar-refractivity contribution in [1.82, 2.24) is 5.32 Å². The maximum atomic E-state index is 5.54. The molecule has 0 aliphatic carbocycles. The molecule has 0 aromatic carbocycles. The van der Waals surface area contributed by atoms with Crippen molar-refractivity contribution in [1.29, 1.82) is 0 Å². The van der Waals surface area contributed by atoms with Gasteiger partial charge in [-0.2, -0.15) is 0 Å². The van der Waals surface area contributed by atoms with Gasteiger partial charge in [-0.3, -0.25) is 0 Å². The monoisotopic (exact) mass is 275 g/mol. The van der Waals surface area contributed by atoms with Crippen LogP contribution < -0.4 is 5.32 Å². The van der Waals surface area contributed by atoms with Crippen LogP contribution in [0.25, 0.3) is 0 Å². The van der Waals surface area contributed by atoms with Crippen molar-refractivity contribution in [2.75, 3.05) is 46.7 Å². The van der Waals surface area contributed by atoms with Crippen LogP contribution in [0.15, 0.2) is 0 Å². The lowest BCUT2D eigenvalue weighted by molar-refractivity contribution is 0.0516. The fraction of sp³-hybridized carbons (Fsp3) is 1.00. The Bertz CT molecular complexity index is 167. The summed E-state index contributed by atoms with van der Waals surface area (Å²) in [5.41, 5.74) is 0. The number of nitrogens with one attached hydrogen (secondary N) is 1. The molecule has 0 fully saturated rings. The first-order valence-corrected chi connectivity index (χ1v) is 7.69. The van der Waals surface area contributed by atoms with E-state index in [1.165, 1.54) is 25.7 Å². The van der Waals surface area contributed by atoms with Gasteiger partial charge in [-0.25, -0.2) is 0 Å². The first kappa shape index (κ1) is 18.8. The maximum Gasteiger partial charge on any atom is 0.0700 e. The quantitative estimate of drug-likeness (QED) is 0.466. The SMILES string of the molecule is CCCCCC(C)NCCOCCCOCCOC. The van der Waals surface area contributed by atoms with E-state index in [1.807, 2.05) is 0 Å². The van der Waals surface area contributed by atoms with Crippen molar-refractivity contribution in [2.45, 2.75) is 52.0 Å². The zero-order valence-electron chi connectivity index (χ0n) is 13.1.